The van der Waals surface area contributed by atoms with E-state index in [1.54, 1.807) is 0 Å². The second-order valence-corrected chi connectivity index (χ2v) is 3.56. The van der Waals surface area contributed by atoms with Crippen molar-refractivity contribution < 1.29 is 14.7 Å². The zero-order valence-electron chi connectivity index (χ0n) is 8.32. The molecule has 0 aromatic carbocycles. The summed E-state index contributed by atoms with van der Waals surface area (Å²) in [6.07, 6.45) is 1.04. The van der Waals surface area contributed by atoms with Gasteiger partial charge in [-0.05, 0) is 25.4 Å². The summed E-state index contributed by atoms with van der Waals surface area (Å²) >= 11 is 0. The molecule has 2 N–H and O–H groups in total. The van der Waals surface area contributed by atoms with Crippen molar-refractivity contribution >= 4 is 11.9 Å². The fraction of sp³-hybridized carbons (Fsp3) is 0.778. The molecule has 0 radical (unpaired) electrons. The van der Waals surface area contributed by atoms with Crippen molar-refractivity contribution in [2.24, 2.45) is 5.92 Å². The summed E-state index contributed by atoms with van der Waals surface area (Å²) in [5.74, 6) is -1.91. The van der Waals surface area contributed by atoms with E-state index in [0.717, 1.165) is 26.1 Å². The van der Waals surface area contributed by atoms with Crippen LogP contribution < -0.4 is 5.32 Å². The van der Waals surface area contributed by atoms with Crippen LogP contribution >= 0.6 is 0 Å². The minimum Gasteiger partial charge on any atom is -0.474 e. The molecule has 1 aliphatic rings. The zero-order valence-corrected chi connectivity index (χ0v) is 8.32. The average Bonchev–Trinajstić information content (AvgIpc) is 2.61. The van der Waals surface area contributed by atoms with Crippen LogP contribution in [0, 0.1) is 5.92 Å². The van der Waals surface area contributed by atoms with Gasteiger partial charge in [-0.3, -0.25) is 4.79 Å². The molecule has 14 heavy (non-hydrogen) atoms. The van der Waals surface area contributed by atoms with E-state index in [4.69, 9.17) is 5.11 Å². The van der Waals surface area contributed by atoms with Gasteiger partial charge in [0.25, 0.3) is 0 Å². The van der Waals surface area contributed by atoms with Gasteiger partial charge in [0.05, 0.1) is 0 Å². The molecule has 1 rings (SSSR count). The summed E-state index contributed by atoms with van der Waals surface area (Å²) in [5, 5.41) is 10.7. The molecule has 1 atom stereocenters. The van der Waals surface area contributed by atoms with Crippen molar-refractivity contribution in [3.63, 3.8) is 0 Å². The Balaban J connectivity index is 2.20. The number of carbonyl (C=O) groups excluding carboxylic acids is 1. The molecule has 0 aromatic heterocycles. The quantitative estimate of drug-likeness (QED) is 0.604. The van der Waals surface area contributed by atoms with Crippen molar-refractivity contribution in [3.8, 4) is 0 Å². The van der Waals surface area contributed by atoms with Gasteiger partial charge >= 0.3 is 11.9 Å². The van der Waals surface area contributed by atoms with Gasteiger partial charge in [-0.1, -0.05) is 6.92 Å². The summed E-state index contributed by atoms with van der Waals surface area (Å²) in [4.78, 5) is 23.2. The monoisotopic (exact) mass is 200 g/mol. The number of amides is 1. The zero-order chi connectivity index (χ0) is 10.6. The SMILES string of the molecule is CCN1CCC(CNC(=O)C(=O)O)C1. The lowest BCUT2D eigenvalue weighted by atomic mass is 10.1. The molecule has 5 heteroatoms. The highest BCUT2D eigenvalue weighted by atomic mass is 16.4. The lowest BCUT2D eigenvalue weighted by molar-refractivity contribution is -0.150. The number of hydrogen-bond donors (Lipinski definition) is 2. The van der Waals surface area contributed by atoms with Crippen molar-refractivity contribution in [1.82, 2.24) is 10.2 Å². The second kappa shape index (κ2) is 4.95. The third-order valence-corrected chi connectivity index (χ3v) is 2.56. The Morgan fingerprint density at radius 1 is 1.57 bits per heavy atom. The van der Waals surface area contributed by atoms with Gasteiger partial charge in [-0.15, -0.1) is 0 Å². The summed E-state index contributed by atoms with van der Waals surface area (Å²) < 4.78 is 0. The first-order valence-corrected chi connectivity index (χ1v) is 4.87. The molecule has 0 bridgehead atoms. The number of carbonyl (C=O) groups is 2. The van der Waals surface area contributed by atoms with Crippen LogP contribution in [0.15, 0.2) is 0 Å². The van der Waals surface area contributed by atoms with Gasteiger partial charge in [0.2, 0.25) is 0 Å². The lowest BCUT2D eigenvalue weighted by Crippen LogP contribution is -2.35. The fourth-order valence-electron chi connectivity index (χ4n) is 1.68. The first-order chi connectivity index (χ1) is 6.63. The van der Waals surface area contributed by atoms with E-state index in [2.05, 4.69) is 17.1 Å². The van der Waals surface area contributed by atoms with Crippen molar-refractivity contribution in [2.45, 2.75) is 13.3 Å². The van der Waals surface area contributed by atoms with Gasteiger partial charge in [0.1, 0.15) is 0 Å². The molecular weight excluding hydrogens is 184 g/mol. The Kier molecular flexibility index (Phi) is 3.88. The topological polar surface area (TPSA) is 69.6 Å². The molecule has 1 amide bonds. The Morgan fingerprint density at radius 3 is 2.79 bits per heavy atom. The number of hydrogen-bond acceptors (Lipinski definition) is 3. The molecule has 1 heterocycles. The molecule has 5 nitrogen and oxygen atoms in total. The minimum atomic E-state index is -1.41. The summed E-state index contributed by atoms with van der Waals surface area (Å²) in [6, 6.07) is 0. The van der Waals surface area contributed by atoms with Crippen LogP contribution in [0.2, 0.25) is 0 Å². The predicted octanol–water partition coefficient (Wildman–Crippen LogP) is -0.471. The number of rotatable bonds is 3. The molecule has 1 unspecified atom stereocenters. The maximum atomic E-state index is 10.7. The predicted molar refractivity (Wildman–Crippen MR) is 50.9 cm³/mol. The number of carboxylic acid groups (broad SMARTS) is 1. The third kappa shape index (κ3) is 2.99. The van der Waals surface area contributed by atoms with Crippen LogP contribution in [0.4, 0.5) is 0 Å². The molecular formula is C9H16N2O3. The molecule has 1 aliphatic heterocycles. The number of nitrogens with one attached hydrogen (secondary N) is 1. The third-order valence-electron chi connectivity index (χ3n) is 2.56. The van der Waals surface area contributed by atoms with Gasteiger partial charge in [0, 0.05) is 13.1 Å². The molecule has 1 fully saturated rings. The first kappa shape index (κ1) is 11.0. The number of likely N-dealkylation sites (tertiary alicyclic amines) is 1. The Labute approximate surface area is 83.1 Å². The van der Waals surface area contributed by atoms with Crippen LogP contribution in [0.1, 0.15) is 13.3 Å². The Morgan fingerprint density at radius 2 is 2.29 bits per heavy atom. The number of aliphatic carboxylic acids is 1. The average molecular weight is 200 g/mol. The van der Waals surface area contributed by atoms with Crippen LogP contribution in [0.3, 0.4) is 0 Å². The van der Waals surface area contributed by atoms with E-state index < -0.39 is 11.9 Å². The maximum Gasteiger partial charge on any atom is 0.394 e. The maximum absolute atomic E-state index is 10.7. The van der Waals surface area contributed by atoms with Crippen molar-refractivity contribution in [2.75, 3.05) is 26.2 Å². The van der Waals surface area contributed by atoms with Crippen LogP contribution in [0.25, 0.3) is 0 Å². The standard InChI is InChI=1S/C9H16N2O3/c1-2-11-4-3-7(6-11)5-10-8(12)9(13)14/h7H,2-6H2,1H3,(H,10,12)(H,13,14). The number of nitrogens with zero attached hydrogens (tertiary/aromatic N) is 1. The van der Waals surface area contributed by atoms with Gasteiger partial charge in [-0.25, -0.2) is 4.79 Å². The summed E-state index contributed by atoms with van der Waals surface area (Å²) in [6.45, 7) is 5.59. The van der Waals surface area contributed by atoms with Gasteiger partial charge in [0.15, 0.2) is 0 Å². The molecule has 80 valence electrons. The largest absolute Gasteiger partial charge is 0.474 e. The Bertz CT molecular complexity index is 230. The van der Waals surface area contributed by atoms with E-state index in [0.29, 0.717) is 12.5 Å². The highest BCUT2D eigenvalue weighted by Gasteiger charge is 2.22. The van der Waals surface area contributed by atoms with Crippen LogP contribution in [-0.2, 0) is 9.59 Å². The highest BCUT2D eigenvalue weighted by Crippen LogP contribution is 2.14. The molecule has 0 aliphatic carbocycles. The second-order valence-electron chi connectivity index (χ2n) is 3.56. The smallest absolute Gasteiger partial charge is 0.394 e. The normalized spacial score (nSPS) is 22.2. The van der Waals surface area contributed by atoms with Crippen LogP contribution in [-0.4, -0.2) is 48.1 Å². The molecule has 0 aromatic rings. The van der Waals surface area contributed by atoms with Gasteiger partial charge in [-0.2, -0.15) is 0 Å². The van der Waals surface area contributed by atoms with E-state index in [-0.39, 0.29) is 0 Å². The van der Waals surface area contributed by atoms with Crippen molar-refractivity contribution in [1.29, 1.82) is 0 Å². The molecule has 0 saturated carbocycles. The van der Waals surface area contributed by atoms with Gasteiger partial charge < -0.3 is 15.3 Å². The fourth-order valence-corrected chi connectivity index (χ4v) is 1.68. The van der Waals surface area contributed by atoms with Crippen molar-refractivity contribution in [3.05, 3.63) is 0 Å². The lowest BCUT2D eigenvalue weighted by Gasteiger charge is -2.12. The minimum absolute atomic E-state index is 0.401. The molecule has 0 spiro atoms. The molecule has 1 saturated heterocycles. The van der Waals surface area contributed by atoms with E-state index in [1.807, 2.05) is 0 Å². The summed E-state index contributed by atoms with van der Waals surface area (Å²) in [5.41, 5.74) is 0. The Hall–Kier alpha value is -1.10. The summed E-state index contributed by atoms with van der Waals surface area (Å²) in [7, 11) is 0. The van der Waals surface area contributed by atoms with E-state index in [9.17, 15) is 9.59 Å². The van der Waals surface area contributed by atoms with E-state index in [1.165, 1.54) is 0 Å². The highest BCUT2D eigenvalue weighted by molar-refractivity contribution is 6.31. The number of carboxylic acids is 1. The van der Waals surface area contributed by atoms with Crippen LogP contribution in [0.5, 0.6) is 0 Å². The first-order valence-electron chi connectivity index (χ1n) is 4.87. The van der Waals surface area contributed by atoms with E-state index >= 15 is 0 Å².